The topological polar surface area (TPSA) is 80.9 Å². The smallest absolute Gasteiger partial charge is 0.313 e. The summed E-state index contributed by atoms with van der Waals surface area (Å²) in [4.78, 5) is 15.9. The summed E-state index contributed by atoms with van der Waals surface area (Å²) in [5.41, 5.74) is 0. The van der Waals surface area contributed by atoms with E-state index in [4.69, 9.17) is 5.11 Å². The van der Waals surface area contributed by atoms with E-state index in [-0.39, 0.29) is 5.75 Å². The first kappa shape index (κ1) is 15.0. The first-order chi connectivity index (χ1) is 9.47. The second-order valence-electron chi connectivity index (χ2n) is 4.74. The Bertz CT molecular complexity index is 606. The predicted octanol–water partition coefficient (Wildman–Crippen LogP) is 2.54. The van der Waals surface area contributed by atoms with E-state index in [9.17, 15) is 4.79 Å². The highest BCUT2D eigenvalue weighted by Crippen LogP contribution is 2.28. The Balaban J connectivity index is 2.33. The zero-order valence-electron chi connectivity index (χ0n) is 11.5. The minimum atomic E-state index is -0.857. The minimum Gasteiger partial charge on any atom is -0.481 e. The molecule has 2 rings (SSSR count). The first-order valence-corrected chi connectivity index (χ1v) is 7.98. The summed E-state index contributed by atoms with van der Waals surface area (Å²) in [7, 11) is 0. The zero-order chi connectivity index (χ0) is 14.7. The molecule has 0 radical (unpaired) electrons. The number of aromatic nitrogens is 4. The molecular formula is C12H16N4O2S2. The van der Waals surface area contributed by atoms with Crippen LogP contribution in [0, 0.1) is 12.8 Å². The van der Waals surface area contributed by atoms with Crippen LogP contribution in [-0.2, 0) is 11.3 Å². The molecule has 2 aromatic rings. The summed E-state index contributed by atoms with van der Waals surface area (Å²) < 4.78 is 1.98. The van der Waals surface area contributed by atoms with Crippen LogP contribution in [-0.4, -0.2) is 36.6 Å². The van der Waals surface area contributed by atoms with Crippen molar-refractivity contribution in [1.29, 1.82) is 0 Å². The second kappa shape index (κ2) is 6.36. The molecule has 0 spiro atoms. The maximum absolute atomic E-state index is 10.7. The minimum absolute atomic E-state index is 0.0159. The summed E-state index contributed by atoms with van der Waals surface area (Å²) in [5, 5.41) is 18.7. The molecule has 0 saturated heterocycles. The Morgan fingerprint density at radius 2 is 2.25 bits per heavy atom. The lowest BCUT2D eigenvalue weighted by atomic mass is 10.2. The normalized spacial score (nSPS) is 11.2. The van der Waals surface area contributed by atoms with E-state index < -0.39 is 5.97 Å². The van der Waals surface area contributed by atoms with Gasteiger partial charge in [0.15, 0.2) is 11.0 Å². The average molecular weight is 312 g/mol. The third-order valence-electron chi connectivity index (χ3n) is 2.43. The van der Waals surface area contributed by atoms with Gasteiger partial charge in [0.05, 0.1) is 15.6 Å². The van der Waals surface area contributed by atoms with Crippen molar-refractivity contribution in [2.24, 2.45) is 5.92 Å². The van der Waals surface area contributed by atoms with Gasteiger partial charge in [-0.25, -0.2) is 4.98 Å². The molecule has 0 amide bonds. The first-order valence-electron chi connectivity index (χ1n) is 6.18. The maximum atomic E-state index is 10.7. The van der Waals surface area contributed by atoms with Gasteiger partial charge in [-0.3, -0.25) is 4.79 Å². The molecule has 0 unspecified atom stereocenters. The second-order valence-corrected chi connectivity index (χ2v) is 6.91. The van der Waals surface area contributed by atoms with Gasteiger partial charge in [-0.15, -0.1) is 21.5 Å². The SMILES string of the molecule is Cc1ncc(-c2nnc(SCC(=O)O)n2CC(C)C)s1. The molecule has 2 aromatic heterocycles. The van der Waals surface area contributed by atoms with E-state index in [1.165, 1.54) is 11.8 Å². The molecular weight excluding hydrogens is 296 g/mol. The van der Waals surface area contributed by atoms with Gasteiger partial charge in [-0.1, -0.05) is 25.6 Å². The fourth-order valence-corrected chi connectivity index (χ4v) is 3.14. The number of carbonyl (C=O) groups is 1. The largest absolute Gasteiger partial charge is 0.481 e. The molecule has 108 valence electrons. The van der Waals surface area contributed by atoms with Gasteiger partial charge in [0.25, 0.3) is 0 Å². The predicted molar refractivity (Wildman–Crippen MR) is 79.1 cm³/mol. The molecule has 2 heterocycles. The summed E-state index contributed by atoms with van der Waals surface area (Å²) in [6, 6.07) is 0. The van der Waals surface area contributed by atoms with E-state index in [0.29, 0.717) is 11.1 Å². The van der Waals surface area contributed by atoms with Crippen molar-refractivity contribution in [2.75, 3.05) is 5.75 Å². The highest BCUT2D eigenvalue weighted by molar-refractivity contribution is 7.99. The number of nitrogens with zero attached hydrogens (tertiary/aromatic N) is 4. The molecule has 1 N–H and O–H groups in total. The summed E-state index contributed by atoms with van der Waals surface area (Å²) >= 11 is 2.75. The van der Waals surface area contributed by atoms with Gasteiger partial charge in [0.2, 0.25) is 0 Å². The van der Waals surface area contributed by atoms with Crippen LogP contribution in [0.3, 0.4) is 0 Å². The van der Waals surface area contributed by atoms with Crippen LogP contribution in [0.4, 0.5) is 0 Å². The summed E-state index contributed by atoms with van der Waals surface area (Å²) in [5.74, 6) is 0.308. The van der Waals surface area contributed by atoms with Crippen LogP contribution in [0.1, 0.15) is 18.9 Å². The summed E-state index contributed by atoms with van der Waals surface area (Å²) in [6.45, 7) is 6.90. The average Bonchev–Trinajstić information content (AvgIpc) is 2.93. The van der Waals surface area contributed by atoms with E-state index in [2.05, 4.69) is 29.0 Å². The van der Waals surface area contributed by atoms with Crippen LogP contribution in [0.25, 0.3) is 10.7 Å². The number of carboxylic acids is 1. The molecule has 0 aliphatic carbocycles. The Kier molecular flexibility index (Phi) is 4.77. The number of hydrogen-bond acceptors (Lipinski definition) is 6. The molecule has 6 nitrogen and oxygen atoms in total. The molecule has 0 fully saturated rings. The van der Waals surface area contributed by atoms with Gasteiger partial charge < -0.3 is 9.67 Å². The number of aliphatic carboxylic acids is 1. The number of thiazole rings is 1. The summed E-state index contributed by atoms with van der Waals surface area (Å²) in [6.07, 6.45) is 1.78. The third kappa shape index (κ3) is 3.57. The van der Waals surface area contributed by atoms with Crippen LogP contribution in [0.2, 0.25) is 0 Å². The van der Waals surface area contributed by atoms with Crippen molar-refractivity contribution in [3.8, 4) is 10.7 Å². The molecule has 0 bridgehead atoms. The molecule has 8 heteroatoms. The lowest BCUT2D eigenvalue weighted by Crippen LogP contribution is -2.08. The number of hydrogen-bond donors (Lipinski definition) is 1. The van der Waals surface area contributed by atoms with E-state index >= 15 is 0 Å². The Morgan fingerprint density at radius 3 is 2.80 bits per heavy atom. The highest BCUT2D eigenvalue weighted by atomic mass is 32.2. The van der Waals surface area contributed by atoms with Crippen molar-refractivity contribution in [2.45, 2.75) is 32.5 Å². The molecule has 20 heavy (non-hydrogen) atoms. The van der Waals surface area contributed by atoms with Crippen molar-refractivity contribution < 1.29 is 9.90 Å². The van der Waals surface area contributed by atoms with Crippen molar-refractivity contribution in [3.05, 3.63) is 11.2 Å². The number of thioether (sulfide) groups is 1. The molecule has 0 saturated carbocycles. The van der Waals surface area contributed by atoms with Crippen molar-refractivity contribution in [1.82, 2.24) is 19.7 Å². The fraction of sp³-hybridized carbons (Fsp3) is 0.500. The molecule has 0 aliphatic rings. The Morgan fingerprint density at radius 1 is 1.50 bits per heavy atom. The number of carboxylic acid groups (broad SMARTS) is 1. The number of rotatable bonds is 6. The standard InChI is InChI=1S/C12H16N4O2S2/c1-7(2)5-16-11(9-4-13-8(3)20-9)14-15-12(16)19-6-10(17)18/h4,7H,5-6H2,1-3H3,(H,17,18). The van der Waals surface area contributed by atoms with Crippen LogP contribution in [0.15, 0.2) is 11.4 Å². The third-order valence-corrected chi connectivity index (χ3v) is 4.29. The van der Waals surface area contributed by atoms with Crippen molar-refractivity contribution in [3.63, 3.8) is 0 Å². The number of aryl methyl sites for hydroxylation is 1. The lowest BCUT2D eigenvalue weighted by Gasteiger charge is -2.10. The fourth-order valence-electron chi connectivity index (χ4n) is 1.70. The monoisotopic (exact) mass is 312 g/mol. The molecule has 0 aromatic carbocycles. The van der Waals surface area contributed by atoms with Gasteiger partial charge in [0, 0.05) is 12.7 Å². The quantitative estimate of drug-likeness (QED) is 0.826. The highest BCUT2D eigenvalue weighted by Gasteiger charge is 2.17. The maximum Gasteiger partial charge on any atom is 0.313 e. The van der Waals surface area contributed by atoms with E-state index in [1.807, 2.05) is 11.5 Å². The Labute approximate surface area is 125 Å². The van der Waals surface area contributed by atoms with E-state index in [1.54, 1.807) is 17.5 Å². The molecule has 0 aliphatic heterocycles. The van der Waals surface area contributed by atoms with Crippen LogP contribution >= 0.6 is 23.1 Å². The Hall–Kier alpha value is -1.41. The van der Waals surface area contributed by atoms with Crippen LogP contribution < -0.4 is 0 Å². The zero-order valence-corrected chi connectivity index (χ0v) is 13.2. The van der Waals surface area contributed by atoms with Crippen LogP contribution in [0.5, 0.6) is 0 Å². The van der Waals surface area contributed by atoms with Gasteiger partial charge in [0.1, 0.15) is 0 Å². The van der Waals surface area contributed by atoms with Gasteiger partial charge in [-0.2, -0.15) is 0 Å². The lowest BCUT2D eigenvalue weighted by molar-refractivity contribution is -0.133. The molecule has 0 atom stereocenters. The van der Waals surface area contributed by atoms with Gasteiger partial charge in [-0.05, 0) is 12.8 Å². The van der Waals surface area contributed by atoms with E-state index in [0.717, 1.165) is 22.3 Å². The van der Waals surface area contributed by atoms with Crippen molar-refractivity contribution >= 4 is 29.1 Å². The van der Waals surface area contributed by atoms with Gasteiger partial charge >= 0.3 is 5.97 Å².